The zero-order chi connectivity index (χ0) is 14.6. The minimum absolute atomic E-state index is 0.659. The number of nitrogens with one attached hydrogen (secondary N) is 1. The molecule has 1 rings (SSSR count). The molecule has 0 aliphatic heterocycles. The fourth-order valence-corrected chi connectivity index (χ4v) is 2.37. The molecule has 0 aliphatic carbocycles. The first-order valence-electron chi connectivity index (χ1n) is 7.49. The molecule has 0 bridgehead atoms. The van der Waals surface area contributed by atoms with E-state index in [1.165, 1.54) is 5.56 Å². The van der Waals surface area contributed by atoms with Crippen molar-refractivity contribution in [2.75, 3.05) is 31.3 Å². The minimum atomic E-state index is 0.659. The SMILES string of the molecule is CCCNCc1cccc(OCC)c1OCCSCC. The van der Waals surface area contributed by atoms with Crippen molar-refractivity contribution < 1.29 is 9.47 Å². The summed E-state index contributed by atoms with van der Waals surface area (Å²) in [5.41, 5.74) is 1.17. The van der Waals surface area contributed by atoms with Crippen LogP contribution in [0.2, 0.25) is 0 Å². The second-order valence-electron chi connectivity index (χ2n) is 4.40. The topological polar surface area (TPSA) is 30.5 Å². The van der Waals surface area contributed by atoms with Crippen LogP contribution in [-0.2, 0) is 6.54 Å². The van der Waals surface area contributed by atoms with Crippen LogP contribution in [0.1, 0.15) is 32.8 Å². The van der Waals surface area contributed by atoms with Gasteiger partial charge in [-0.15, -0.1) is 0 Å². The van der Waals surface area contributed by atoms with E-state index in [1.54, 1.807) is 0 Å². The first-order valence-corrected chi connectivity index (χ1v) is 8.64. The van der Waals surface area contributed by atoms with Gasteiger partial charge in [-0.3, -0.25) is 0 Å². The zero-order valence-corrected chi connectivity index (χ0v) is 13.7. The smallest absolute Gasteiger partial charge is 0.165 e. The third-order valence-electron chi connectivity index (χ3n) is 2.78. The third kappa shape index (κ3) is 6.06. The van der Waals surface area contributed by atoms with E-state index in [2.05, 4.69) is 25.2 Å². The lowest BCUT2D eigenvalue weighted by Gasteiger charge is -2.16. The highest BCUT2D eigenvalue weighted by atomic mass is 32.2. The van der Waals surface area contributed by atoms with Gasteiger partial charge in [-0.05, 0) is 31.7 Å². The molecule has 0 radical (unpaired) electrons. The van der Waals surface area contributed by atoms with Crippen LogP contribution in [0.4, 0.5) is 0 Å². The van der Waals surface area contributed by atoms with Crippen molar-refractivity contribution in [3.8, 4) is 11.5 Å². The minimum Gasteiger partial charge on any atom is -0.490 e. The average molecular weight is 297 g/mol. The highest BCUT2D eigenvalue weighted by molar-refractivity contribution is 7.99. The second-order valence-corrected chi connectivity index (χ2v) is 5.79. The van der Waals surface area contributed by atoms with Gasteiger partial charge in [0.05, 0.1) is 13.2 Å². The highest BCUT2D eigenvalue weighted by Gasteiger charge is 2.10. The van der Waals surface area contributed by atoms with E-state index >= 15 is 0 Å². The number of hydrogen-bond acceptors (Lipinski definition) is 4. The van der Waals surface area contributed by atoms with Crippen molar-refractivity contribution in [1.29, 1.82) is 0 Å². The quantitative estimate of drug-likeness (QED) is 0.631. The molecule has 20 heavy (non-hydrogen) atoms. The molecule has 1 aromatic rings. The molecule has 1 aromatic carbocycles. The summed E-state index contributed by atoms with van der Waals surface area (Å²) in [6.07, 6.45) is 1.13. The Kier molecular flexibility index (Phi) is 9.33. The number of thioether (sulfide) groups is 1. The van der Waals surface area contributed by atoms with Crippen molar-refractivity contribution in [3.05, 3.63) is 23.8 Å². The summed E-state index contributed by atoms with van der Waals surface area (Å²) in [6, 6.07) is 6.12. The van der Waals surface area contributed by atoms with Crippen LogP contribution in [0.3, 0.4) is 0 Å². The molecule has 1 N–H and O–H groups in total. The van der Waals surface area contributed by atoms with E-state index in [0.29, 0.717) is 6.61 Å². The first-order chi connectivity index (χ1) is 9.83. The molecule has 0 unspecified atom stereocenters. The van der Waals surface area contributed by atoms with E-state index in [9.17, 15) is 0 Å². The van der Waals surface area contributed by atoms with Gasteiger partial charge in [-0.25, -0.2) is 0 Å². The molecule has 114 valence electrons. The molecule has 3 nitrogen and oxygen atoms in total. The van der Waals surface area contributed by atoms with Crippen molar-refractivity contribution in [1.82, 2.24) is 5.32 Å². The van der Waals surface area contributed by atoms with E-state index in [0.717, 1.165) is 49.1 Å². The summed E-state index contributed by atoms with van der Waals surface area (Å²) in [6.45, 7) is 9.56. The predicted octanol–water partition coefficient (Wildman–Crippen LogP) is 3.72. The molecule has 0 aromatic heterocycles. The second kappa shape index (κ2) is 10.9. The summed E-state index contributed by atoms with van der Waals surface area (Å²) in [7, 11) is 0. The summed E-state index contributed by atoms with van der Waals surface area (Å²) >= 11 is 1.89. The van der Waals surface area contributed by atoms with Gasteiger partial charge in [-0.1, -0.05) is 26.0 Å². The van der Waals surface area contributed by atoms with Gasteiger partial charge in [0.25, 0.3) is 0 Å². The first kappa shape index (κ1) is 17.2. The van der Waals surface area contributed by atoms with Gasteiger partial charge < -0.3 is 14.8 Å². The molecule has 0 saturated carbocycles. The summed E-state index contributed by atoms with van der Waals surface area (Å²) in [5.74, 6) is 3.89. The van der Waals surface area contributed by atoms with Crippen molar-refractivity contribution in [2.45, 2.75) is 33.7 Å². The van der Waals surface area contributed by atoms with Gasteiger partial charge in [0.2, 0.25) is 0 Å². The van der Waals surface area contributed by atoms with Crippen LogP contribution < -0.4 is 14.8 Å². The summed E-state index contributed by atoms with van der Waals surface area (Å²) in [5, 5.41) is 3.42. The Morgan fingerprint density at radius 1 is 1.15 bits per heavy atom. The molecule has 0 spiro atoms. The van der Waals surface area contributed by atoms with E-state index in [-0.39, 0.29) is 0 Å². The third-order valence-corrected chi connectivity index (χ3v) is 3.64. The average Bonchev–Trinajstić information content (AvgIpc) is 2.46. The number of hydrogen-bond donors (Lipinski definition) is 1. The fraction of sp³-hybridized carbons (Fsp3) is 0.625. The van der Waals surface area contributed by atoms with Crippen LogP contribution in [0.25, 0.3) is 0 Å². The maximum absolute atomic E-state index is 5.97. The van der Waals surface area contributed by atoms with Gasteiger partial charge >= 0.3 is 0 Å². The zero-order valence-electron chi connectivity index (χ0n) is 12.9. The Labute approximate surface area is 127 Å². The standard InChI is InChI=1S/C16H27NO2S/c1-4-10-17-13-14-8-7-9-15(18-5-2)16(14)19-11-12-20-6-3/h7-9,17H,4-6,10-13H2,1-3H3. The lowest BCUT2D eigenvalue weighted by molar-refractivity contribution is 0.286. The molecule has 0 aliphatic rings. The monoisotopic (exact) mass is 297 g/mol. The Bertz CT molecular complexity index is 371. The van der Waals surface area contributed by atoms with Crippen LogP contribution in [-0.4, -0.2) is 31.3 Å². The Morgan fingerprint density at radius 2 is 2.00 bits per heavy atom. The predicted molar refractivity (Wildman–Crippen MR) is 88.1 cm³/mol. The van der Waals surface area contributed by atoms with E-state index < -0.39 is 0 Å². The van der Waals surface area contributed by atoms with Crippen molar-refractivity contribution >= 4 is 11.8 Å². The Hall–Kier alpha value is -0.870. The van der Waals surface area contributed by atoms with E-state index in [1.807, 2.05) is 30.8 Å². The fourth-order valence-electron chi connectivity index (χ4n) is 1.88. The maximum Gasteiger partial charge on any atom is 0.165 e. The van der Waals surface area contributed by atoms with E-state index in [4.69, 9.17) is 9.47 Å². The number of ether oxygens (including phenoxy) is 2. The van der Waals surface area contributed by atoms with Crippen molar-refractivity contribution in [3.63, 3.8) is 0 Å². The molecule has 0 heterocycles. The van der Waals surface area contributed by atoms with Crippen molar-refractivity contribution in [2.24, 2.45) is 0 Å². The lowest BCUT2D eigenvalue weighted by atomic mass is 10.2. The van der Waals surface area contributed by atoms with Gasteiger partial charge in [-0.2, -0.15) is 11.8 Å². The summed E-state index contributed by atoms with van der Waals surface area (Å²) in [4.78, 5) is 0. The Morgan fingerprint density at radius 3 is 2.70 bits per heavy atom. The van der Waals surface area contributed by atoms with Crippen LogP contribution >= 0.6 is 11.8 Å². The number of para-hydroxylation sites is 1. The number of benzene rings is 1. The highest BCUT2D eigenvalue weighted by Crippen LogP contribution is 2.31. The van der Waals surface area contributed by atoms with Gasteiger partial charge in [0, 0.05) is 17.9 Å². The molecule has 0 atom stereocenters. The van der Waals surface area contributed by atoms with Crippen LogP contribution in [0.15, 0.2) is 18.2 Å². The normalized spacial score (nSPS) is 10.6. The molecular formula is C16H27NO2S. The largest absolute Gasteiger partial charge is 0.490 e. The molecule has 0 saturated heterocycles. The summed E-state index contributed by atoms with van der Waals surface area (Å²) < 4.78 is 11.6. The molecule has 0 fully saturated rings. The maximum atomic E-state index is 5.97. The number of rotatable bonds is 11. The van der Waals surface area contributed by atoms with Crippen LogP contribution in [0, 0.1) is 0 Å². The lowest BCUT2D eigenvalue weighted by Crippen LogP contribution is -2.15. The van der Waals surface area contributed by atoms with Crippen LogP contribution in [0.5, 0.6) is 11.5 Å². The molecular weight excluding hydrogens is 270 g/mol. The van der Waals surface area contributed by atoms with Gasteiger partial charge in [0.1, 0.15) is 0 Å². The molecule has 0 amide bonds. The molecule has 4 heteroatoms. The Balaban J connectivity index is 2.71. The van der Waals surface area contributed by atoms with Gasteiger partial charge in [0.15, 0.2) is 11.5 Å².